The van der Waals surface area contributed by atoms with Gasteiger partial charge in [-0.3, -0.25) is 0 Å². The molecule has 0 amide bonds. The molecule has 0 aliphatic heterocycles. The van der Waals surface area contributed by atoms with Gasteiger partial charge in [0.05, 0.1) is 12.6 Å². The van der Waals surface area contributed by atoms with E-state index in [4.69, 9.17) is 4.74 Å². The molecular formula is C15H22N2O. The number of nitrogens with one attached hydrogen (secondary N) is 2. The maximum Gasteiger partial charge on any atom is 0.143 e. The molecule has 0 saturated carbocycles. The van der Waals surface area contributed by atoms with Crippen molar-refractivity contribution in [2.75, 3.05) is 13.7 Å². The third-order valence-electron chi connectivity index (χ3n) is 3.15. The zero-order chi connectivity index (χ0) is 13.1. The van der Waals surface area contributed by atoms with Crippen molar-refractivity contribution in [1.29, 1.82) is 0 Å². The van der Waals surface area contributed by atoms with Crippen LogP contribution in [-0.2, 0) is 6.42 Å². The van der Waals surface area contributed by atoms with Crippen molar-refractivity contribution in [2.24, 2.45) is 0 Å². The Morgan fingerprint density at radius 1 is 1.33 bits per heavy atom. The SMILES string of the molecule is COc1cc(C)cc2c(CCNC(C)C)c[nH]c12. The zero-order valence-corrected chi connectivity index (χ0v) is 11.6. The Kier molecular flexibility index (Phi) is 3.92. The van der Waals surface area contributed by atoms with Crippen LogP contribution in [0.15, 0.2) is 18.3 Å². The van der Waals surface area contributed by atoms with E-state index in [1.165, 1.54) is 16.5 Å². The van der Waals surface area contributed by atoms with E-state index in [0.29, 0.717) is 6.04 Å². The molecule has 0 aliphatic rings. The van der Waals surface area contributed by atoms with E-state index in [0.717, 1.165) is 24.2 Å². The van der Waals surface area contributed by atoms with Gasteiger partial charge >= 0.3 is 0 Å². The van der Waals surface area contributed by atoms with Crippen LogP contribution in [0.4, 0.5) is 0 Å². The second-order valence-electron chi connectivity index (χ2n) is 5.06. The number of H-pyrrole nitrogens is 1. The summed E-state index contributed by atoms with van der Waals surface area (Å²) in [4.78, 5) is 3.32. The summed E-state index contributed by atoms with van der Waals surface area (Å²) in [5.74, 6) is 0.924. The second-order valence-corrected chi connectivity index (χ2v) is 5.06. The highest BCUT2D eigenvalue weighted by atomic mass is 16.5. The Morgan fingerprint density at radius 3 is 2.78 bits per heavy atom. The van der Waals surface area contributed by atoms with E-state index in [9.17, 15) is 0 Å². The topological polar surface area (TPSA) is 37.0 Å². The van der Waals surface area contributed by atoms with Crippen LogP contribution >= 0.6 is 0 Å². The monoisotopic (exact) mass is 246 g/mol. The van der Waals surface area contributed by atoms with Crippen molar-refractivity contribution in [3.05, 3.63) is 29.5 Å². The first-order valence-electron chi connectivity index (χ1n) is 6.49. The quantitative estimate of drug-likeness (QED) is 0.851. The van der Waals surface area contributed by atoms with Crippen LogP contribution in [0.3, 0.4) is 0 Å². The maximum atomic E-state index is 5.42. The van der Waals surface area contributed by atoms with Crippen LogP contribution < -0.4 is 10.1 Å². The number of methoxy groups -OCH3 is 1. The number of fused-ring (bicyclic) bond motifs is 1. The van der Waals surface area contributed by atoms with Crippen LogP contribution in [0.1, 0.15) is 25.0 Å². The van der Waals surface area contributed by atoms with Gasteiger partial charge in [-0.1, -0.05) is 13.8 Å². The third kappa shape index (κ3) is 2.67. The lowest BCUT2D eigenvalue weighted by atomic mass is 10.1. The van der Waals surface area contributed by atoms with Crippen molar-refractivity contribution < 1.29 is 4.74 Å². The van der Waals surface area contributed by atoms with E-state index in [-0.39, 0.29) is 0 Å². The first-order valence-corrected chi connectivity index (χ1v) is 6.49. The Balaban J connectivity index is 2.27. The van der Waals surface area contributed by atoms with Gasteiger partial charge < -0.3 is 15.0 Å². The molecule has 0 radical (unpaired) electrons. The molecule has 0 atom stereocenters. The molecule has 0 fully saturated rings. The van der Waals surface area contributed by atoms with Crippen molar-refractivity contribution in [3.8, 4) is 5.75 Å². The lowest BCUT2D eigenvalue weighted by Gasteiger charge is -2.08. The molecule has 1 aromatic heterocycles. The molecule has 3 nitrogen and oxygen atoms in total. The summed E-state index contributed by atoms with van der Waals surface area (Å²) in [5, 5.41) is 4.72. The molecule has 0 unspecified atom stereocenters. The summed E-state index contributed by atoms with van der Waals surface area (Å²) in [6.07, 6.45) is 3.12. The van der Waals surface area contributed by atoms with Crippen molar-refractivity contribution >= 4 is 10.9 Å². The van der Waals surface area contributed by atoms with Gasteiger partial charge in [-0.05, 0) is 43.1 Å². The molecule has 0 aliphatic carbocycles. The third-order valence-corrected chi connectivity index (χ3v) is 3.15. The molecule has 1 aromatic carbocycles. The fourth-order valence-corrected chi connectivity index (χ4v) is 2.26. The lowest BCUT2D eigenvalue weighted by Crippen LogP contribution is -2.24. The Bertz CT molecular complexity index is 529. The van der Waals surface area contributed by atoms with Crippen LogP contribution in [0.25, 0.3) is 10.9 Å². The molecular weight excluding hydrogens is 224 g/mol. The summed E-state index contributed by atoms with van der Waals surface area (Å²) < 4.78 is 5.42. The number of aromatic nitrogens is 1. The van der Waals surface area contributed by atoms with E-state index >= 15 is 0 Å². The van der Waals surface area contributed by atoms with Crippen LogP contribution in [0, 0.1) is 6.92 Å². The normalized spacial score (nSPS) is 11.4. The summed E-state index contributed by atoms with van der Waals surface area (Å²) in [7, 11) is 1.72. The molecule has 18 heavy (non-hydrogen) atoms. The summed E-state index contributed by atoms with van der Waals surface area (Å²) >= 11 is 0. The minimum Gasteiger partial charge on any atom is -0.495 e. The Labute approximate surface area is 109 Å². The van der Waals surface area contributed by atoms with Gasteiger partial charge in [-0.15, -0.1) is 0 Å². The summed E-state index contributed by atoms with van der Waals surface area (Å²) in [5.41, 5.74) is 3.68. The summed E-state index contributed by atoms with van der Waals surface area (Å²) in [6.45, 7) is 7.44. The molecule has 3 heteroatoms. The first-order chi connectivity index (χ1) is 8.61. The maximum absolute atomic E-state index is 5.42. The van der Waals surface area contributed by atoms with Gasteiger partial charge in [0.15, 0.2) is 0 Å². The number of rotatable bonds is 5. The van der Waals surface area contributed by atoms with E-state index in [1.54, 1.807) is 7.11 Å². The van der Waals surface area contributed by atoms with Crippen molar-refractivity contribution in [2.45, 2.75) is 33.2 Å². The molecule has 2 rings (SSSR count). The average molecular weight is 246 g/mol. The first kappa shape index (κ1) is 13.0. The average Bonchev–Trinajstić information content (AvgIpc) is 2.71. The second kappa shape index (κ2) is 5.44. The van der Waals surface area contributed by atoms with Gasteiger partial charge in [0.2, 0.25) is 0 Å². The standard InChI is InChI=1S/C15H22N2O/c1-10(2)16-6-5-12-9-17-15-13(12)7-11(3)8-14(15)18-4/h7-10,16-17H,5-6H2,1-4H3. The number of aryl methyl sites for hydroxylation is 1. The van der Waals surface area contributed by atoms with Gasteiger partial charge in [-0.2, -0.15) is 0 Å². The zero-order valence-electron chi connectivity index (χ0n) is 11.6. The molecule has 98 valence electrons. The molecule has 2 aromatic rings. The molecule has 0 saturated heterocycles. The fraction of sp³-hybridized carbons (Fsp3) is 0.467. The number of hydrogen-bond acceptors (Lipinski definition) is 2. The predicted molar refractivity (Wildman–Crippen MR) is 76.4 cm³/mol. The van der Waals surface area contributed by atoms with Crippen LogP contribution in [0.5, 0.6) is 5.75 Å². The number of hydrogen-bond donors (Lipinski definition) is 2. The van der Waals surface area contributed by atoms with Gasteiger partial charge in [0.25, 0.3) is 0 Å². The van der Waals surface area contributed by atoms with Crippen LogP contribution in [0.2, 0.25) is 0 Å². The minimum atomic E-state index is 0.534. The predicted octanol–water partition coefficient (Wildman–Crippen LogP) is 3.03. The Morgan fingerprint density at radius 2 is 2.11 bits per heavy atom. The molecule has 0 spiro atoms. The Hall–Kier alpha value is -1.48. The lowest BCUT2D eigenvalue weighted by molar-refractivity contribution is 0.418. The largest absolute Gasteiger partial charge is 0.495 e. The highest BCUT2D eigenvalue weighted by molar-refractivity contribution is 5.89. The fourth-order valence-electron chi connectivity index (χ4n) is 2.26. The number of benzene rings is 1. The van der Waals surface area contributed by atoms with Crippen LogP contribution in [-0.4, -0.2) is 24.7 Å². The molecule has 0 bridgehead atoms. The van der Waals surface area contributed by atoms with Gasteiger partial charge in [-0.25, -0.2) is 0 Å². The molecule has 1 heterocycles. The van der Waals surface area contributed by atoms with Crippen molar-refractivity contribution in [3.63, 3.8) is 0 Å². The van der Waals surface area contributed by atoms with E-state index in [2.05, 4.69) is 49.4 Å². The highest BCUT2D eigenvalue weighted by Crippen LogP contribution is 2.29. The minimum absolute atomic E-state index is 0.534. The summed E-state index contributed by atoms with van der Waals surface area (Å²) in [6, 6.07) is 4.82. The number of aromatic amines is 1. The van der Waals surface area contributed by atoms with Gasteiger partial charge in [0, 0.05) is 17.6 Å². The number of ether oxygens (including phenoxy) is 1. The van der Waals surface area contributed by atoms with E-state index in [1.807, 2.05) is 0 Å². The van der Waals surface area contributed by atoms with Gasteiger partial charge in [0.1, 0.15) is 5.75 Å². The van der Waals surface area contributed by atoms with E-state index < -0.39 is 0 Å². The highest BCUT2D eigenvalue weighted by Gasteiger charge is 2.09. The van der Waals surface area contributed by atoms with Crippen molar-refractivity contribution in [1.82, 2.24) is 10.3 Å². The molecule has 2 N–H and O–H groups in total. The smallest absolute Gasteiger partial charge is 0.143 e.